The molecule has 0 spiro atoms. The quantitative estimate of drug-likeness (QED) is 0.733. The number of hydrogen-bond donors (Lipinski definition) is 1. The molecule has 0 heterocycles. The van der Waals surface area contributed by atoms with Crippen LogP contribution in [0.4, 0.5) is 5.69 Å². The molecule has 0 bridgehead atoms. The van der Waals surface area contributed by atoms with Crippen molar-refractivity contribution in [3.8, 4) is 11.8 Å². The number of carbonyl (C=O) groups is 1. The van der Waals surface area contributed by atoms with Crippen LogP contribution >= 0.6 is 0 Å². The second kappa shape index (κ2) is 9.29. The average Bonchev–Trinajstić information content (AvgIpc) is 2.54. The highest BCUT2D eigenvalue weighted by Crippen LogP contribution is 2.25. The van der Waals surface area contributed by atoms with Crippen molar-refractivity contribution in [2.45, 2.75) is 65.6 Å². The van der Waals surface area contributed by atoms with Gasteiger partial charge in [0.1, 0.15) is 17.4 Å². The monoisotopic (exact) mass is 332 g/mol. The van der Waals surface area contributed by atoms with Crippen molar-refractivity contribution in [2.24, 2.45) is 0 Å². The van der Waals surface area contributed by atoms with Crippen molar-refractivity contribution in [1.29, 1.82) is 5.26 Å². The number of amides is 1. The lowest BCUT2D eigenvalue weighted by molar-refractivity contribution is -0.140. The number of ether oxygens (including phenoxy) is 2. The van der Waals surface area contributed by atoms with Gasteiger partial charge >= 0.3 is 0 Å². The lowest BCUT2D eigenvalue weighted by Gasteiger charge is -2.28. The molecular formula is C19H28N2O3. The minimum absolute atomic E-state index is 0.0206. The van der Waals surface area contributed by atoms with Crippen LogP contribution in [0.5, 0.6) is 5.75 Å². The summed E-state index contributed by atoms with van der Waals surface area (Å²) in [6.07, 6.45) is 2.32. The predicted molar refractivity (Wildman–Crippen MR) is 95.1 cm³/mol. The summed E-state index contributed by atoms with van der Waals surface area (Å²) in [5.74, 6) is 0.380. The van der Waals surface area contributed by atoms with Crippen LogP contribution in [0.1, 0.15) is 59.4 Å². The minimum atomic E-state index is -0.898. The Labute approximate surface area is 145 Å². The van der Waals surface area contributed by atoms with Crippen LogP contribution in [0.2, 0.25) is 0 Å². The van der Waals surface area contributed by atoms with Gasteiger partial charge in [0, 0.05) is 12.7 Å². The van der Waals surface area contributed by atoms with E-state index in [2.05, 4.69) is 11.4 Å². The zero-order valence-corrected chi connectivity index (χ0v) is 15.3. The summed E-state index contributed by atoms with van der Waals surface area (Å²) in [6.45, 7) is 10.2. The van der Waals surface area contributed by atoms with E-state index in [1.54, 1.807) is 25.1 Å². The largest absolute Gasteiger partial charge is 0.491 e. The molecule has 5 nitrogen and oxygen atoms in total. The summed E-state index contributed by atoms with van der Waals surface area (Å²) < 4.78 is 11.4. The molecular weight excluding hydrogens is 304 g/mol. The topological polar surface area (TPSA) is 71.3 Å². The summed E-state index contributed by atoms with van der Waals surface area (Å²) in [7, 11) is 0. The van der Waals surface area contributed by atoms with Crippen LogP contribution in [-0.2, 0) is 9.53 Å². The first-order valence-electron chi connectivity index (χ1n) is 8.52. The average molecular weight is 332 g/mol. The molecule has 1 amide bonds. The first-order valence-corrected chi connectivity index (χ1v) is 8.52. The second-order valence-electron chi connectivity index (χ2n) is 6.27. The third-order valence-corrected chi connectivity index (χ3v) is 3.56. The normalized spacial score (nSPS) is 13.2. The molecule has 0 saturated heterocycles. The van der Waals surface area contributed by atoms with Gasteiger partial charge in [-0.3, -0.25) is 4.79 Å². The standard InChI is InChI=1S/C19H28N2O3/c1-6-10-19(5,23-11-7-2)18(22)21-17-9-8-16(24-14(3)4)12-15(17)13-20/h8-9,12,14H,6-7,10-11H2,1-5H3,(H,21,22). The van der Waals surface area contributed by atoms with Gasteiger partial charge in [-0.15, -0.1) is 0 Å². The van der Waals surface area contributed by atoms with E-state index in [-0.39, 0.29) is 12.0 Å². The molecule has 0 aliphatic heterocycles. The van der Waals surface area contributed by atoms with Crippen molar-refractivity contribution in [2.75, 3.05) is 11.9 Å². The molecule has 0 aliphatic rings. The maximum absolute atomic E-state index is 12.7. The van der Waals surface area contributed by atoms with Gasteiger partial charge in [-0.2, -0.15) is 5.26 Å². The van der Waals surface area contributed by atoms with Gasteiger partial charge in [-0.05, 0) is 45.7 Å². The molecule has 132 valence electrons. The smallest absolute Gasteiger partial charge is 0.256 e. The summed E-state index contributed by atoms with van der Waals surface area (Å²) in [5, 5.41) is 12.2. The number of nitrogens with zero attached hydrogens (tertiary/aromatic N) is 1. The number of nitrogens with one attached hydrogen (secondary N) is 1. The second-order valence-corrected chi connectivity index (χ2v) is 6.27. The van der Waals surface area contributed by atoms with Crippen molar-refractivity contribution >= 4 is 11.6 Å². The van der Waals surface area contributed by atoms with Gasteiger partial charge in [-0.25, -0.2) is 0 Å². The Morgan fingerprint density at radius 3 is 2.58 bits per heavy atom. The van der Waals surface area contributed by atoms with Crippen molar-refractivity contribution < 1.29 is 14.3 Å². The maximum atomic E-state index is 12.7. The van der Waals surface area contributed by atoms with Gasteiger partial charge in [0.15, 0.2) is 0 Å². The summed E-state index contributed by atoms with van der Waals surface area (Å²) in [4.78, 5) is 12.7. The lowest BCUT2D eigenvalue weighted by atomic mass is 9.98. The van der Waals surface area contributed by atoms with E-state index < -0.39 is 5.60 Å². The van der Waals surface area contributed by atoms with Gasteiger partial charge in [0.2, 0.25) is 0 Å². The summed E-state index contributed by atoms with van der Waals surface area (Å²) in [5.41, 5.74) is -0.0539. The van der Waals surface area contributed by atoms with Crippen LogP contribution in [-0.4, -0.2) is 24.2 Å². The van der Waals surface area contributed by atoms with E-state index in [9.17, 15) is 10.1 Å². The molecule has 5 heteroatoms. The van der Waals surface area contributed by atoms with Gasteiger partial charge in [0.25, 0.3) is 5.91 Å². The molecule has 0 aliphatic carbocycles. The molecule has 1 N–H and O–H groups in total. The Morgan fingerprint density at radius 2 is 2.04 bits per heavy atom. The van der Waals surface area contributed by atoms with E-state index in [1.165, 1.54) is 0 Å². The van der Waals surface area contributed by atoms with Crippen LogP contribution in [0, 0.1) is 11.3 Å². The van der Waals surface area contributed by atoms with Crippen molar-refractivity contribution in [3.05, 3.63) is 23.8 Å². The SMILES string of the molecule is CCCOC(C)(CCC)C(=O)Nc1ccc(OC(C)C)cc1C#N. The Hall–Kier alpha value is -2.06. The predicted octanol–water partition coefficient (Wildman–Crippen LogP) is 4.27. The zero-order valence-electron chi connectivity index (χ0n) is 15.3. The highest BCUT2D eigenvalue weighted by Gasteiger charge is 2.33. The van der Waals surface area contributed by atoms with E-state index in [1.807, 2.05) is 27.7 Å². The zero-order chi connectivity index (χ0) is 18.2. The highest BCUT2D eigenvalue weighted by molar-refractivity contribution is 5.98. The van der Waals surface area contributed by atoms with Crippen LogP contribution in [0.25, 0.3) is 0 Å². The number of nitriles is 1. The van der Waals surface area contributed by atoms with Crippen LogP contribution in [0.3, 0.4) is 0 Å². The number of anilines is 1. The first kappa shape index (κ1) is 20.0. The van der Waals surface area contributed by atoms with Gasteiger partial charge in [-0.1, -0.05) is 20.3 Å². The Balaban J connectivity index is 2.97. The lowest BCUT2D eigenvalue weighted by Crippen LogP contribution is -2.43. The highest BCUT2D eigenvalue weighted by atomic mass is 16.5. The molecule has 24 heavy (non-hydrogen) atoms. The van der Waals surface area contributed by atoms with E-state index >= 15 is 0 Å². The maximum Gasteiger partial charge on any atom is 0.256 e. The molecule has 1 atom stereocenters. The fraction of sp³-hybridized carbons (Fsp3) is 0.579. The van der Waals surface area contributed by atoms with Crippen molar-refractivity contribution in [1.82, 2.24) is 0 Å². The first-order chi connectivity index (χ1) is 11.4. The molecule has 0 radical (unpaired) electrons. The molecule has 1 aromatic carbocycles. The number of rotatable bonds is 9. The molecule has 0 fully saturated rings. The van der Waals surface area contributed by atoms with E-state index in [0.717, 1.165) is 12.8 Å². The summed E-state index contributed by atoms with van der Waals surface area (Å²) in [6, 6.07) is 7.19. The fourth-order valence-corrected chi connectivity index (χ4v) is 2.38. The Morgan fingerprint density at radius 1 is 1.33 bits per heavy atom. The molecule has 1 rings (SSSR count). The van der Waals surface area contributed by atoms with Crippen molar-refractivity contribution in [3.63, 3.8) is 0 Å². The third-order valence-electron chi connectivity index (χ3n) is 3.56. The molecule has 0 aromatic heterocycles. The minimum Gasteiger partial charge on any atom is -0.491 e. The van der Waals surface area contributed by atoms with E-state index in [0.29, 0.717) is 30.0 Å². The fourth-order valence-electron chi connectivity index (χ4n) is 2.38. The third kappa shape index (κ3) is 5.54. The number of benzene rings is 1. The van der Waals surface area contributed by atoms with Crippen LogP contribution < -0.4 is 10.1 Å². The summed E-state index contributed by atoms with van der Waals surface area (Å²) >= 11 is 0. The molecule has 1 aromatic rings. The van der Waals surface area contributed by atoms with Gasteiger partial charge in [0.05, 0.1) is 17.4 Å². The Bertz CT molecular complexity index is 593. The van der Waals surface area contributed by atoms with E-state index in [4.69, 9.17) is 9.47 Å². The number of hydrogen-bond acceptors (Lipinski definition) is 4. The van der Waals surface area contributed by atoms with Gasteiger partial charge < -0.3 is 14.8 Å². The molecule has 1 unspecified atom stereocenters. The van der Waals surface area contributed by atoms with Crippen LogP contribution in [0.15, 0.2) is 18.2 Å². The Kier molecular flexibility index (Phi) is 7.73. The number of carbonyl (C=O) groups excluding carboxylic acids is 1. The molecule has 0 saturated carbocycles.